The molecule has 3 N–H and O–H groups in total. The van der Waals surface area contributed by atoms with Crippen molar-refractivity contribution >= 4 is 23.5 Å². The number of hydrogen-bond donors (Lipinski definition) is 2. The Morgan fingerprint density at radius 3 is 2.78 bits per heavy atom. The van der Waals surface area contributed by atoms with E-state index in [0.717, 1.165) is 25.2 Å². The maximum atomic E-state index is 5.29. The topological polar surface area (TPSA) is 53.6 Å². The summed E-state index contributed by atoms with van der Waals surface area (Å²) in [5, 5.41) is 4.12. The summed E-state index contributed by atoms with van der Waals surface area (Å²) in [4.78, 5) is 2.36. The molecule has 0 atom stereocenters. The molecule has 0 saturated carbocycles. The number of hydrazone groups is 1. The van der Waals surface area contributed by atoms with E-state index in [9.17, 15) is 0 Å². The largest absolute Gasteiger partial charge is 0.375 e. The van der Waals surface area contributed by atoms with Gasteiger partial charge < -0.3 is 5.73 Å². The minimum Gasteiger partial charge on any atom is -0.375 e. The number of thiocarbonyl (C=S) groups is 1. The number of nitrogens with two attached hydrogens (primary N) is 1. The van der Waals surface area contributed by atoms with Crippen molar-refractivity contribution in [2.75, 3.05) is 13.1 Å². The van der Waals surface area contributed by atoms with E-state index in [1.165, 1.54) is 5.56 Å². The Morgan fingerprint density at radius 2 is 2.17 bits per heavy atom. The molecule has 0 spiro atoms. The summed E-state index contributed by atoms with van der Waals surface area (Å²) in [6.45, 7) is 7.40. The molecule has 0 unspecified atom stereocenters. The molecular formula is C13H20N4S. The van der Waals surface area contributed by atoms with E-state index in [4.69, 9.17) is 5.73 Å². The minimum atomic E-state index is 0.172. The smallest absolute Gasteiger partial charge is 0.184 e. The van der Waals surface area contributed by atoms with Crippen LogP contribution < -0.4 is 11.2 Å². The summed E-state index contributed by atoms with van der Waals surface area (Å²) in [7, 11) is 0. The Bertz CT molecular complexity index is 413. The lowest BCUT2D eigenvalue weighted by Crippen LogP contribution is -2.24. The first-order chi connectivity index (χ1) is 8.65. The minimum absolute atomic E-state index is 0.172. The molecule has 0 bridgehead atoms. The summed E-state index contributed by atoms with van der Waals surface area (Å²) >= 11 is 4.67. The molecule has 0 radical (unpaired) electrons. The zero-order valence-electron chi connectivity index (χ0n) is 10.9. The lowest BCUT2D eigenvalue weighted by molar-refractivity contribution is 0.296. The van der Waals surface area contributed by atoms with Gasteiger partial charge in [-0.3, -0.25) is 10.3 Å². The molecule has 1 rings (SSSR count). The Morgan fingerprint density at radius 1 is 1.44 bits per heavy atom. The van der Waals surface area contributed by atoms with Crippen molar-refractivity contribution in [1.29, 1.82) is 0 Å². The Kier molecular flexibility index (Phi) is 6.32. The number of benzene rings is 1. The second-order valence-electron chi connectivity index (χ2n) is 3.94. The molecule has 0 heterocycles. The van der Waals surface area contributed by atoms with Gasteiger partial charge in [0.1, 0.15) is 0 Å². The highest BCUT2D eigenvalue weighted by Gasteiger charge is 2.01. The predicted molar refractivity (Wildman–Crippen MR) is 80.6 cm³/mol. The quantitative estimate of drug-likeness (QED) is 0.466. The van der Waals surface area contributed by atoms with Crippen molar-refractivity contribution in [2.24, 2.45) is 10.8 Å². The van der Waals surface area contributed by atoms with Crippen molar-refractivity contribution in [2.45, 2.75) is 20.4 Å². The molecule has 0 aromatic heterocycles. The molecule has 4 nitrogen and oxygen atoms in total. The molecule has 0 aliphatic rings. The molecule has 0 aliphatic heterocycles. The number of nitrogens with one attached hydrogen (secondary N) is 1. The fraction of sp³-hybridized carbons (Fsp3) is 0.385. The van der Waals surface area contributed by atoms with Crippen molar-refractivity contribution in [3.05, 3.63) is 35.4 Å². The monoisotopic (exact) mass is 264 g/mol. The van der Waals surface area contributed by atoms with E-state index in [-0.39, 0.29) is 5.11 Å². The van der Waals surface area contributed by atoms with Gasteiger partial charge in [-0.1, -0.05) is 32.0 Å². The van der Waals surface area contributed by atoms with Crippen molar-refractivity contribution in [1.82, 2.24) is 10.3 Å². The van der Waals surface area contributed by atoms with Crippen LogP contribution in [-0.2, 0) is 6.54 Å². The third kappa shape index (κ3) is 5.25. The molecule has 98 valence electrons. The lowest BCUT2D eigenvalue weighted by Gasteiger charge is -2.18. The fourth-order valence-corrected chi connectivity index (χ4v) is 1.70. The summed E-state index contributed by atoms with van der Waals surface area (Å²) in [6.07, 6.45) is 1.71. The highest BCUT2D eigenvalue weighted by atomic mass is 32.1. The standard InChI is InChI=1S/C13H20N4S/c1-3-17(4-2)10-12-7-5-6-11(8-12)9-15-16-13(14)18/h5-9H,3-4,10H2,1-2H3,(H3,14,16,18). The van der Waals surface area contributed by atoms with Gasteiger partial charge in [0, 0.05) is 6.54 Å². The number of nitrogens with zero attached hydrogens (tertiary/aromatic N) is 2. The molecular weight excluding hydrogens is 244 g/mol. The van der Waals surface area contributed by atoms with E-state index in [1.807, 2.05) is 12.1 Å². The van der Waals surface area contributed by atoms with Gasteiger partial charge in [0.2, 0.25) is 0 Å². The second kappa shape index (κ2) is 7.79. The average Bonchev–Trinajstić information content (AvgIpc) is 2.36. The Balaban J connectivity index is 2.67. The van der Waals surface area contributed by atoms with Crippen LogP contribution in [-0.4, -0.2) is 29.3 Å². The summed E-state index contributed by atoms with van der Waals surface area (Å²) in [5.74, 6) is 0. The van der Waals surface area contributed by atoms with E-state index >= 15 is 0 Å². The first kappa shape index (κ1) is 14.6. The van der Waals surface area contributed by atoms with Gasteiger partial charge in [-0.05, 0) is 42.5 Å². The molecule has 0 fully saturated rings. The van der Waals surface area contributed by atoms with Crippen LogP contribution >= 0.6 is 12.2 Å². The van der Waals surface area contributed by atoms with Crippen LogP contribution in [0.4, 0.5) is 0 Å². The maximum absolute atomic E-state index is 5.29. The zero-order chi connectivity index (χ0) is 13.4. The predicted octanol–water partition coefficient (Wildman–Crippen LogP) is 1.70. The van der Waals surface area contributed by atoms with Crippen LogP contribution in [0.25, 0.3) is 0 Å². The van der Waals surface area contributed by atoms with Crippen LogP contribution in [0.1, 0.15) is 25.0 Å². The third-order valence-electron chi connectivity index (χ3n) is 2.64. The van der Waals surface area contributed by atoms with Gasteiger partial charge >= 0.3 is 0 Å². The van der Waals surface area contributed by atoms with Crippen LogP contribution in [0, 0.1) is 0 Å². The number of rotatable bonds is 6. The van der Waals surface area contributed by atoms with E-state index < -0.39 is 0 Å². The van der Waals surface area contributed by atoms with Crippen molar-refractivity contribution in [3.8, 4) is 0 Å². The molecule has 1 aromatic carbocycles. The Labute approximate surface area is 114 Å². The van der Waals surface area contributed by atoms with Gasteiger partial charge in [-0.15, -0.1) is 0 Å². The SMILES string of the molecule is CCN(CC)Cc1cccc(C=NNC(N)=S)c1. The first-order valence-corrected chi connectivity index (χ1v) is 6.46. The highest BCUT2D eigenvalue weighted by Crippen LogP contribution is 2.06. The van der Waals surface area contributed by atoms with Crippen LogP contribution in [0.3, 0.4) is 0 Å². The van der Waals surface area contributed by atoms with Gasteiger partial charge in [0.25, 0.3) is 0 Å². The summed E-state index contributed by atoms with van der Waals surface area (Å²) in [5.41, 5.74) is 10.1. The molecule has 0 aliphatic carbocycles. The number of hydrogen-bond acceptors (Lipinski definition) is 3. The molecule has 1 aromatic rings. The van der Waals surface area contributed by atoms with Gasteiger partial charge in [-0.25, -0.2) is 0 Å². The molecule has 0 amide bonds. The van der Waals surface area contributed by atoms with Crippen molar-refractivity contribution in [3.63, 3.8) is 0 Å². The molecule has 5 heteroatoms. The highest BCUT2D eigenvalue weighted by molar-refractivity contribution is 7.80. The average molecular weight is 264 g/mol. The first-order valence-electron chi connectivity index (χ1n) is 6.05. The summed E-state index contributed by atoms with van der Waals surface area (Å²) < 4.78 is 0. The third-order valence-corrected chi connectivity index (χ3v) is 2.73. The second-order valence-corrected chi connectivity index (χ2v) is 4.38. The lowest BCUT2D eigenvalue weighted by atomic mass is 10.1. The maximum Gasteiger partial charge on any atom is 0.184 e. The van der Waals surface area contributed by atoms with Gasteiger partial charge in [0.15, 0.2) is 5.11 Å². The van der Waals surface area contributed by atoms with Crippen molar-refractivity contribution < 1.29 is 0 Å². The fourth-order valence-electron chi connectivity index (χ4n) is 1.65. The normalized spacial score (nSPS) is 11.1. The summed E-state index contributed by atoms with van der Waals surface area (Å²) in [6, 6.07) is 8.26. The van der Waals surface area contributed by atoms with Gasteiger partial charge in [0.05, 0.1) is 6.21 Å². The molecule has 0 saturated heterocycles. The van der Waals surface area contributed by atoms with E-state index in [1.54, 1.807) is 6.21 Å². The molecule has 18 heavy (non-hydrogen) atoms. The van der Waals surface area contributed by atoms with Crippen LogP contribution in [0.2, 0.25) is 0 Å². The van der Waals surface area contributed by atoms with E-state index in [0.29, 0.717) is 0 Å². The van der Waals surface area contributed by atoms with Crippen LogP contribution in [0.15, 0.2) is 29.4 Å². The van der Waals surface area contributed by atoms with E-state index in [2.05, 4.69) is 53.6 Å². The van der Waals surface area contributed by atoms with Crippen LogP contribution in [0.5, 0.6) is 0 Å². The zero-order valence-corrected chi connectivity index (χ0v) is 11.7. The van der Waals surface area contributed by atoms with Gasteiger partial charge in [-0.2, -0.15) is 5.10 Å². The Hall–Kier alpha value is -1.46.